The van der Waals surface area contributed by atoms with Crippen LogP contribution < -0.4 is 16.0 Å². The molecule has 8 nitrogen and oxygen atoms in total. The second-order valence-electron chi connectivity index (χ2n) is 7.71. The van der Waals surface area contributed by atoms with Crippen molar-refractivity contribution >= 4 is 27.5 Å². The van der Waals surface area contributed by atoms with E-state index in [9.17, 15) is 8.42 Å². The maximum atomic E-state index is 12.7. The second kappa shape index (κ2) is 10.6. The lowest BCUT2D eigenvalue weighted by atomic mass is 9.99. The summed E-state index contributed by atoms with van der Waals surface area (Å²) >= 11 is 0. The summed E-state index contributed by atoms with van der Waals surface area (Å²) in [5.74, 6) is 1.54. The Morgan fingerprint density at radius 3 is 2.48 bits per heavy atom. The molecular weight excluding hydrogens is 412 g/mol. The molecule has 0 radical (unpaired) electrons. The van der Waals surface area contributed by atoms with Crippen molar-refractivity contribution in [1.82, 2.24) is 9.29 Å². The van der Waals surface area contributed by atoms with Crippen LogP contribution in [0.1, 0.15) is 31.7 Å². The number of piperazine rings is 1. The van der Waals surface area contributed by atoms with Crippen LogP contribution in [0.5, 0.6) is 0 Å². The molecule has 1 aromatic heterocycles. The molecule has 0 aliphatic carbocycles. The van der Waals surface area contributed by atoms with Gasteiger partial charge in [0.1, 0.15) is 5.82 Å². The normalized spacial score (nSPS) is 16.8. The first-order valence-corrected chi connectivity index (χ1v) is 12.3. The van der Waals surface area contributed by atoms with Gasteiger partial charge in [-0.15, -0.1) is 0 Å². The van der Waals surface area contributed by atoms with E-state index in [4.69, 9.17) is 5.73 Å². The number of rotatable bonds is 8. The van der Waals surface area contributed by atoms with Crippen LogP contribution in [0, 0.1) is 0 Å². The summed E-state index contributed by atoms with van der Waals surface area (Å²) in [5, 5.41) is 3.02. The fraction of sp³-hybridized carbons (Fsp3) is 0.455. The van der Waals surface area contributed by atoms with E-state index in [1.807, 2.05) is 30.3 Å². The first-order chi connectivity index (χ1) is 14.9. The fourth-order valence-corrected chi connectivity index (χ4v) is 4.76. The molecule has 9 heteroatoms. The van der Waals surface area contributed by atoms with Gasteiger partial charge in [0.05, 0.1) is 12.3 Å². The number of benzene rings is 1. The predicted octanol–water partition coefficient (Wildman–Crippen LogP) is 2.47. The monoisotopic (exact) mass is 444 g/mol. The molecule has 2 aromatic rings. The molecule has 1 aromatic carbocycles. The van der Waals surface area contributed by atoms with Crippen molar-refractivity contribution in [1.29, 1.82) is 0 Å². The Kier molecular flexibility index (Phi) is 7.86. The lowest BCUT2D eigenvalue weighted by Crippen LogP contribution is -2.49. The summed E-state index contributed by atoms with van der Waals surface area (Å²) in [6, 6.07) is 13.8. The highest BCUT2D eigenvalue weighted by molar-refractivity contribution is 7.89. The Balaban J connectivity index is 1.47. The number of hydrogen-bond acceptors (Lipinski definition) is 5. The molecule has 1 atom stereocenters. The lowest BCUT2D eigenvalue weighted by molar-refractivity contribution is 0.384. The first-order valence-electron chi connectivity index (χ1n) is 10.7. The van der Waals surface area contributed by atoms with Gasteiger partial charge in [0.15, 0.2) is 5.96 Å². The molecule has 2 heterocycles. The van der Waals surface area contributed by atoms with E-state index in [0.29, 0.717) is 32.1 Å². The standard InChI is InChI=1S/C22H32N6O2S/c1-3-18(2)19-7-9-20(10-8-19)26-22(23)25-12-17-31(29,30)28-15-13-27(14-16-28)21-6-4-5-11-24-21/h4-11,18H,3,12-17H2,1-2H3,(H3,23,25,26). The fourth-order valence-electron chi connectivity index (χ4n) is 3.46. The summed E-state index contributed by atoms with van der Waals surface area (Å²) in [6.45, 7) is 6.60. The molecule has 1 aliphatic rings. The molecule has 1 fully saturated rings. The molecule has 3 N–H and O–H groups in total. The maximum Gasteiger partial charge on any atom is 0.216 e. The number of aromatic nitrogens is 1. The van der Waals surface area contributed by atoms with Gasteiger partial charge in [-0.1, -0.05) is 32.0 Å². The Morgan fingerprint density at radius 2 is 1.87 bits per heavy atom. The van der Waals surface area contributed by atoms with Crippen LogP contribution in [-0.2, 0) is 10.0 Å². The molecule has 31 heavy (non-hydrogen) atoms. The van der Waals surface area contributed by atoms with Crippen molar-refractivity contribution in [3.8, 4) is 0 Å². The molecule has 1 saturated heterocycles. The summed E-state index contributed by atoms with van der Waals surface area (Å²) in [6.07, 6.45) is 2.83. The average molecular weight is 445 g/mol. The SMILES string of the molecule is CCC(C)c1ccc(NC(N)=NCCS(=O)(=O)N2CCN(c3ccccn3)CC2)cc1. The van der Waals surface area contributed by atoms with E-state index in [1.54, 1.807) is 6.20 Å². The maximum absolute atomic E-state index is 12.7. The topological polar surface area (TPSA) is 104 Å². The Hall–Kier alpha value is -2.65. The first kappa shape index (κ1) is 23.0. The number of anilines is 2. The quantitative estimate of drug-likeness (QED) is 0.479. The van der Waals surface area contributed by atoms with Crippen molar-refractivity contribution in [2.24, 2.45) is 10.7 Å². The summed E-state index contributed by atoms with van der Waals surface area (Å²) in [7, 11) is -3.38. The van der Waals surface area contributed by atoms with E-state index in [0.717, 1.165) is 17.9 Å². The highest BCUT2D eigenvalue weighted by atomic mass is 32.2. The second-order valence-corrected chi connectivity index (χ2v) is 9.80. The van der Waals surface area contributed by atoms with Crippen LogP contribution in [-0.4, -0.2) is 62.1 Å². The number of hydrogen-bond donors (Lipinski definition) is 2. The molecule has 1 aliphatic heterocycles. The van der Waals surface area contributed by atoms with Crippen LogP contribution in [0.3, 0.4) is 0 Å². The van der Waals surface area contributed by atoms with Gasteiger partial charge in [-0.3, -0.25) is 4.99 Å². The third-order valence-corrected chi connectivity index (χ3v) is 7.45. The van der Waals surface area contributed by atoms with Gasteiger partial charge in [0.2, 0.25) is 10.0 Å². The number of nitrogens with two attached hydrogens (primary N) is 1. The summed E-state index contributed by atoms with van der Waals surface area (Å²) in [4.78, 5) is 10.6. The van der Waals surface area contributed by atoms with Crippen molar-refractivity contribution in [3.63, 3.8) is 0 Å². The number of aliphatic imine (C=N–C) groups is 1. The molecule has 1 unspecified atom stereocenters. The van der Waals surface area contributed by atoms with E-state index >= 15 is 0 Å². The average Bonchev–Trinajstić information content (AvgIpc) is 2.79. The van der Waals surface area contributed by atoms with Gasteiger partial charge >= 0.3 is 0 Å². The molecule has 3 rings (SSSR count). The van der Waals surface area contributed by atoms with Crippen LogP contribution in [0.4, 0.5) is 11.5 Å². The molecule has 0 bridgehead atoms. The van der Waals surface area contributed by atoms with Gasteiger partial charge in [-0.05, 0) is 42.2 Å². The van der Waals surface area contributed by atoms with E-state index < -0.39 is 10.0 Å². The molecular formula is C22H32N6O2S. The van der Waals surface area contributed by atoms with Gasteiger partial charge in [0.25, 0.3) is 0 Å². The van der Waals surface area contributed by atoms with Crippen molar-refractivity contribution in [3.05, 3.63) is 54.2 Å². The summed E-state index contributed by atoms with van der Waals surface area (Å²) in [5.41, 5.74) is 8.05. The largest absolute Gasteiger partial charge is 0.370 e. The number of sulfonamides is 1. The number of nitrogens with one attached hydrogen (secondary N) is 1. The molecule has 0 amide bonds. The van der Waals surface area contributed by atoms with Gasteiger partial charge in [-0.2, -0.15) is 4.31 Å². The minimum Gasteiger partial charge on any atom is -0.370 e. The Morgan fingerprint density at radius 1 is 1.16 bits per heavy atom. The van der Waals surface area contributed by atoms with E-state index in [1.165, 1.54) is 9.87 Å². The van der Waals surface area contributed by atoms with Crippen molar-refractivity contribution in [2.45, 2.75) is 26.2 Å². The van der Waals surface area contributed by atoms with Crippen LogP contribution in [0.15, 0.2) is 53.7 Å². The Labute approximate surface area is 185 Å². The smallest absolute Gasteiger partial charge is 0.216 e. The lowest BCUT2D eigenvalue weighted by Gasteiger charge is -2.34. The van der Waals surface area contributed by atoms with Gasteiger partial charge in [-0.25, -0.2) is 13.4 Å². The molecule has 168 valence electrons. The van der Waals surface area contributed by atoms with E-state index in [2.05, 4.69) is 46.2 Å². The summed E-state index contributed by atoms with van der Waals surface area (Å²) < 4.78 is 26.8. The zero-order chi connectivity index (χ0) is 22.3. The third kappa shape index (κ3) is 6.41. The zero-order valence-corrected chi connectivity index (χ0v) is 19.1. The number of guanidine groups is 1. The van der Waals surface area contributed by atoms with E-state index in [-0.39, 0.29) is 18.3 Å². The highest BCUT2D eigenvalue weighted by Crippen LogP contribution is 2.20. The molecule has 0 saturated carbocycles. The number of nitrogens with zero attached hydrogens (tertiary/aromatic N) is 4. The minimum absolute atomic E-state index is 0.0636. The zero-order valence-electron chi connectivity index (χ0n) is 18.2. The predicted molar refractivity (Wildman–Crippen MR) is 127 cm³/mol. The third-order valence-electron chi connectivity index (χ3n) is 5.60. The van der Waals surface area contributed by atoms with Gasteiger partial charge in [0, 0.05) is 38.1 Å². The molecule has 0 spiro atoms. The Bertz CT molecular complexity index is 955. The van der Waals surface area contributed by atoms with Crippen LogP contribution >= 0.6 is 0 Å². The number of pyridine rings is 1. The highest BCUT2D eigenvalue weighted by Gasteiger charge is 2.26. The van der Waals surface area contributed by atoms with Crippen molar-refractivity contribution in [2.75, 3.05) is 48.7 Å². The van der Waals surface area contributed by atoms with Crippen LogP contribution in [0.2, 0.25) is 0 Å². The van der Waals surface area contributed by atoms with Crippen LogP contribution in [0.25, 0.3) is 0 Å². The minimum atomic E-state index is -3.38. The van der Waals surface area contributed by atoms with Gasteiger partial charge < -0.3 is 16.0 Å². The van der Waals surface area contributed by atoms with Crippen molar-refractivity contribution < 1.29 is 8.42 Å².